The van der Waals surface area contributed by atoms with Crippen molar-refractivity contribution in [1.29, 1.82) is 0 Å². The molecule has 0 spiro atoms. The lowest BCUT2D eigenvalue weighted by Crippen LogP contribution is -2.52. The largest absolute Gasteiger partial charge is 0.335 e. The number of aromatic nitrogens is 1. The van der Waals surface area contributed by atoms with Gasteiger partial charge in [0, 0.05) is 37.1 Å². The number of rotatable bonds is 3. The molecule has 134 valence electrons. The lowest BCUT2D eigenvalue weighted by molar-refractivity contribution is 0.0581. The first-order valence-corrected chi connectivity index (χ1v) is 11.6. The molecule has 3 heterocycles. The Balaban J connectivity index is 1.64. The Morgan fingerprint density at radius 1 is 1.29 bits per heavy atom. The van der Waals surface area contributed by atoms with Gasteiger partial charge in [0.25, 0.3) is 5.91 Å². The Bertz CT molecular complexity index is 724. The molecular weight excluding hydrogens is 414 g/mol. The quantitative estimate of drug-likeness (QED) is 0.725. The summed E-state index contributed by atoms with van der Waals surface area (Å²) < 4.78 is 24.0. The van der Waals surface area contributed by atoms with E-state index in [2.05, 4.69) is 39.7 Å². The van der Waals surface area contributed by atoms with Crippen LogP contribution in [-0.4, -0.2) is 72.8 Å². The third-order valence-corrected chi connectivity index (χ3v) is 8.24. The highest BCUT2D eigenvalue weighted by Crippen LogP contribution is 2.31. The third kappa shape index (κ3) is 3.84. The second kappa shape index (κ2) is 7.01. The summed E-state index contributed by atoms with van der Waals surface area (Å²) >= 11 is 4.90. The van der Waals surface area contributed by atoms with Gasteiger partial charge in [0.2, 0.25) is 0 Å². The SMILES string of the molecule is CC(C)c1sc(Br)nc1C(=O)N1CCN([C@@H]2CCS(=O)(=O)C2)CC1. The molecule has 1 aromatic heterocycles. The van der Waals surface area contributed by atoms with E-state index in [0.717, 1.165) is 21.9 Å². The van der Waals surface area contributed by atoms with E-state index in [-0.39, 0.29) is 23.6 Å². The number of sulfone groups is 1. The van der Waals surface area contributed by atoms with E-state index in [1.54, 1.807) is 0 Å². The first-order chi connectivity index (χ1) is 11.3. The molecule has 2 aliphatic heterocycles. The van der Waals surface area contributed by atoms with Gasteiger partial charge in [0.15, 0.2) is 13.8 Å². The number of hydrogen-bond donors (Lipinski definition) is 0. The average molecular weight is 436 g/mol. The fraction of sp³-hybridized carbons (Fsp3) is 0.733. The molecule has 0 N–H and O–H groups in total. The summed E-state index contributed by atoms with van der Waals surface area (Å²) in [5.74, 6) is 0.802. The van der Waals surface area contributed by atoms with Crippen LogP contribution in [0.4, 0.5) is 0 Å². The third-order valence-electron chi connectivity index (χ3n) is 4.68. The summed E-state index contributed by atoms with van der Waals surface area (Å²) in [6.45, 7) is 6.84. The molecule has 0 aromatic carbocycles. The molecule has 2 aliphatic rings. The Hall–Kier alpha value is -0.510. The highest BCUT2D eigenvalue weighted by atomic mass is 79.9. The molecule has 1 atom stereocenters. The Morgan fingerprint density at radius 3 is 2.50 bits per heavy atom. The zero-order valence-electron chi connectivity index (χ0n) is 13.9. The lowest BCUT2D eigenvalue weighted by atomic mass is 10.1. The molecule has 0 radical (unpaired) electrons. The smallest absolute Gasteiger partial charge is 0.273 e. The van der Waals surface area contributed by atoms with E-state index in [1.807, 2.05) is 4.90 Å². The van der Waals surface area contributed by atoms with Crippen LogP contribution in [0.1, 0.15) is 41.6 Å². The molecule has 2 fully saturated rings. The van der Waals surface area contributed by atoms with E-state index < -0.39 is 9.84 Å². The Kier molecular flexibility index (Phi) is 5.34. The highest BCUT2D eigenvalue weighted by molar-refractivity contribution is 9.11. The lowest BCUT2D eigenvalue weighted by Gasteiger charge is -2.37. The van der Waals surface area contributed by atoms with Crippen LogP contribution in [0.15, 0.2) is 3.92 Å². The van der Waals surface area contributed by atoms with Crippen LogP contribution in [0.25, 0.3) is 0 Å². The first-order valence-electron chi connectivity index (χ1n) is 8.17. The number of nitrogens with zero attached hydrogens (tertiary/aromatic N) is 3. The molecular formula is C15H22BrN3O3S2. The molecule has 0 unspecified atom stereocenters. The van der Waals surface area contributed by atoms with Crippen molar-refractivity contribution >= 4 is 43.0 Å². The van der Waals surface area contributed by atoms with Crippen molar-refractivity contribution in [3.8, 4) is 0 Å². The molecule has 1 amide bonds. The van der Waals surface area contributed by atoms with Crippen molar-refractivity contribution in [3.63, 3.8) is 0 Å². The van der Waals surface area contributed by atoms with E-state index >= 15 is 0 Å². The summed E-state index contributed by atoms with van der Waals surface area (Å²) in [5.41, 5.74) is 0.554. The van der Waals surface area contributed by atoms with Gasteiger partial charge in [-0.2, -0.15) is 0 Å². The van der Waals surface area contributed by atoms with Gasteiger partial charge in [-0.15, -0.1) is 11.3 Å². The number of hydrogen-bond acceptors (Lipinski definition) is 6. The number of thiazole rings is 1. The molecule has 2 saturated heterocycles. The predicted molar refractivity (Wildman–Crippen MR) is 98.4 cm³/mol. The minimum atomic E-state index is -2.87. The van der Waals surface area contributed by atoms with E-state index in [1.165, 1.54) is 11.3 Å². The van der Waals surface area contributed by atoms with Crippen LogP contribution in [0.2, 0.25) is 0 Å². The number of carbonyl (C=O) groups excluding carboxylic acids is 1. The molecule has 9 heteroatoms. The van der Waals surface area contributed by atoms with Crippen LogP contribution in [-0.2, 0) is 9.84 Å². The van der Waals surface area contributed by atoms with Gasteiger partial charge in [-0.3, -0.25) is 9.69 Å². The maximum absolute atomic E-state index is 12.8. The van der Waals surface area contributed by atoms with Gasteiger partial charge in [-0.25, -0.2) is 13.4 Å². The maximum atomic E-state index is 12.8. The second-order valence-corrected chi connectivity index (χ2v) is 11.3. The van der Waals surface area contributed by atoms with Gasteiger partial charge in [0.05, 0.1) is 11.5 Å². The van der Waals surface area contributed by atoms with Gasteiger partial charge >= 0.3 is 0 Å². The molecule has 3 rings (SSSR count). The molecule has 6 nitrogen and oxygen atoms in total. The van der Waals surface area contributed by atoms with Crippen LogP contribution >= 0.6 is 27.3 Å². The van der Waals surface area contributed by atoms with Crippen molar-refractivity contribution < 1.29 is 13.2 Å². The number of halogens is 1. The van der Waals surface area contributed by atoms with Crippen molar-refractivity contribution in [2.24, 2.45) is 0 Å². The van der Waals surface area contributed by atoms with E-state index in [4.69, 9.17) is 0 Å². The average Bonchev–Trinajstić information content (AvgIpc) is 3.09. The normalized spacial score (nSPS) is 24.7. The van der Waals surface area contributed by atoms with Crippen molar-refractivity contribution in [3.05, 3.63) is 14.5 Å². The molecule has 0 saturated carbocycles. The second-order valence-electron chi connectivity index (χ2n) is 6.72. The molecule has 0 bridgehead atoms. The summed E-state index contributed by atoms with van der Waals surface area (Å²) in [5, 5.41) is 0. The summed E-state index contributed by atoms with van der Waals surface area (Å²) in [6, 6.07) is 0.117. The number of piperazine rings is 1. The zero-order chi connectivity index (χ0) is 17.5. The Morgan fingerprint density at radius 2 is 1.96 bits per heavy atom. The van der Waals surface area contributed by atoms with Crippen molar-refractivity contribution in [2.45, 2.75) is 32.2 Å². The van der Waals surface area contributed by atoms with Crippen molar-refractivity contribution in [2.75, 3.05) is 37.7 Å². The first kappa shape index (κ1) is 18.3. The fourth-order valence-corrected chi connectivity index (χ4v) is 6.60. The monoisotopic (exact) mass is 435 g/mol. The van der Waals surface area contributed by atoms with Crippen LogP contribution in [0, 0.1) is 0 Å². The van der Waals surface area contributed by atoms with Crippen LogP contribution in [0.3, 0.4) is 0 Å². The van der Waals surface area contributed by atoms with Gasteiger partial charge < -0.3 is 4.90 Å². The Labute approximate surface area is 155 Å². The van der Waals surface area contributed by atoms with Crippen LogP contribution < -0.4 is 0 Å². The number of amides is 1. The molecule has 24 heavy (non-hydrogen) atoms. The van der Waals surface area contributed by atoms with Crippen molar-refractivity contribution in [1.82, 2.24) is 14.8 Å². The summed E-state index contributed by atoms with van der Waals surface area (Å²) in [6.07, 6.45) is 0.715. The minimum Gasteiger partial charge on any atom is -0.335 e. The summed E-state index contributed by atoms with van der Waals surface area (Å²) in [7, 11) is -2.87. The summed E-state index contributed by atoms with van der Waals surface area (Å²) in [4.78, 5) is 22.2. The number of carbonyl (C=O) groups is 1. The topological polar surface area (TPSA) is 70.6 Å². The van der Waals surface area contributed by atoms with Gasteiger partial charge in [0.1, 0.15) is 5.69 Å². The van der Waals surface area contributed by atoms with E-state index in [9.17, 15) is 13.2 Å². The molecule has 1 aromatic rings. The van der Waals surface area contributed by atoms with Gasteiger partial charge in [-0.05, 0) is 28.3 Å². The molecule has 0 aliphatic carbocycles. The van der Waals surface area contributed by atoms with E-state index in [0.29, 0.717) is 31.0 Å². The van der Waals surface area contributed by atoms with Crippen LogP contribution in [0.5, 0.6) is 0 Å². The zero-order valence-corrected chi connectivity index (χ0v) is 17.1. The predicted octanol–water partition coefficient (Wildman–Crippen LogP) is 1.97. The highest BCUT2D eigenvalue weighted by Gasteiger charge is 2.35. The standard InChI is InChI=1S/C15H22BrN3O3S2/c1-10(2)13-12(17-15(16)23-13)14(20)19-6-4-18(5-7-19)11-3-8-24(21,22)9-11/h10-11H,3-9H2,1-2H3/t11-/m1/s1. The fourth-order valence-electron chi connectivity index (χ4n) is 3.35. The maximum Gasteiger partial charge on any atom is 0.273 e. The van der Waals surface area contributed by atoms with Gasteiger partial charge in [-0.1, -0.05) is 13.8 Å². The minimum absolute atomic E-state index is 0.0145.